The van der Waals surface area contributed by atoms with Gasteiger partial charge in [0.1, 0.15) is 0 Å². The Labute approximate surface area is 180 Å². The number of aryl methyl sites for hydroxylation is 1. The summed E-state index contributed by atoms with van der Waals surface area (Å²) in [5, 5.41) is 4.14. The lowest BCUT2D eigenvalue weighted by atomic mass is 10.1. The van der Waals surface area contributed by atoms with Crippen LogP contribution in [0.5, 0.6) is 0 Å². The maximum absolute atomic E-state index is 6.12. The van der Waals surface area contributed by atoms with Gasteiger partial charge in [0, 0.05) is 27.4 Å². The summed E-state index contributed by atoms with van der Waals surface area (Å²) in [6, 6.07) is 9.18. The van der Waals surface area contributed by atoms with Crippen molar-refractivity contribution in [2.75, 3.05) is 27.9 Å². The average Bonchev–Trinajstić information content (AvgIpc) is 2.67. The Morgan fingerprint density at radius 1 is 1.21 bits per heavy atom. The van der Waals surface area contributed by atoms with Crippen LogP contribution in [-0.2, 0) is 19.7 Å². The van der Waals surface area contributed by atoms with E-state index < -0.39 is 8.80 Å². The van der Waals surface area contributed by atoms with Crippen LogP contribution in [0, 0.1) is 0 Å². The van der Waals surface area contributed by atoms with Crippen molar-refractivity contribution < 1.29 is 13.3 Å². The van der Waals surface area contributed by atoms with Crippen molar-refractivity contribution in [3.63, 3.8) is 0 Å². The molecular weight excluding hydrogens is 410 g/mol. The molecule has 9 heteroatoms. The average molecular weight is 448 g/mol. The van der Waals surface area contributed by atoms with Gasteiger partial charge in [-0.1, -0.05) is 43.5 Å². The summed E-state index contributed by atoms with van der Waals surface area (Å²) >= 11 is 0. The molecule has 0 spiro atoms. The van der Waals surface area contributed by atoms with Crippen LogP contribution in [-0.4, -0.2) is 53.1 Å². The topological polar surface area (TPSA) is 91.8 Å². The van der Waals surface area contributed by atoms with Crippen molar-refractivity contribution in [3.05, 3.63) is 53.9 Å². The minimum Gasteiger partial charge on any atom is -0.407 e. The van der Waals surface area contributed by atoms with E-state index in [1.54, 1.807) is 21.3 Å². The number of halogens is 1. The summed E-state index contributed by atoms with van der Waals surface area (Å²) in [6.45, 7) is 7.97. The number of rotatable bonds is 12. The molecule has 1 aromatic rings. The molecule has 28 heavy (non-hydrogen) atoms. The summed E-state index contributed by atoms with van der Waals surface area (Å²) in [7, 11) is 3.38. The number of nitrogens with one attached hydrogen (secondary N) is 1. The van der Waals surface area contributed by atoms with Crippen molar-refractivity contribution >= 4 is 37.5 Å². The highest BCUT2D eigenvalue weighted by Crippen LogP contribution is 2.14. The van der Waals surface area contributed by atoms with Gasteiger partial charge < -0.3 is 30.1 Å². The van der Waals surface area contributed by atoms with Crippen molar-refractivity contribution in [1.82, 2.24) is 5.32 Å². The first kappa shape index (κ1) is 29.2. The first-order valence-electron chi connectivity index (χ1n) is 9.09. The third-order valence-corrected chi connectivity index (χ3v) is 6.79. The zero-order valence-corrected chi connectivity index (χ0v) is 21.5. The number of hydrogen-bond donors (Lipinski definition) is 3. The lowest BCUT2D eigenvalue weighted by molar-refractivity contribution is 0.123. The van der Waals surface area contributed by atoms with Crippen LogP contribution < -0.4 is 16.8 Å². The lowest BCUT2D eigenvalue weighted by Crippen LogP contribution is -2.44. The highest BCUT2D eigenvalue weighted by atomic mass is 35.5. The second kappa shape index (κ2) is 16.9. The zero-order valence-electron chi connectivity index (χ0n) is 17.7. The fourth-order valence-electron chi connectivity index (χ4n) is 2.39. The van der Waals surface area contributed by atoms with Gasteiger partial charge in [0.2, 0.25) is 0 Å². The third-order valence-electron chi connectivity index (χ3n) is 3.96. The maximum Gasteiger partial charge on any atom is 0.500 e. The molecule has 0 saturated carbocycles. The molecule has 0 radical (unpaired) electrons. The largest absolute Gasteiger partial charge is 0.500 e. The van der Waals surface area contributed by atoms with Gasteiger partial charge in [-0.2, -0.15) is 0 Å². The van der Waals surface area contributed by atoms with Gasteiger partial charge in [-0.3, -0.25) is 0 Å². The maximum atomic E-state index is 6.12. The summed E-state index contributed by atoms with van der Waals surface area (Å²) in [5.74, 6) is 0. The fourth-order valence-corrected chi connectivity index (χ4v) is 4.12. The predicted octanol–water partition coefficient (Wildman–Crippen LogP) is 1.61. The molecule has 1 aromatic carbocycles. The number of hydrogen-bond acceptors (Lipinski definition) is 6. The van der Waals surface area contributed by atoms with E-state index >= 15 is 0 Å². The Hall–Kier alpha value is -0.976. The van der Waals surface area contributed by atoms with Gasteiger partial charge in [-0.05, 0) is 42.3 Å². The molecule has 0 bridgehead atoms. The van der Waals surface area contributed by atoms with Crippen molar-refractivity contribution in [2.24, 2.45) is 11.5 Å². The van der Waals surface area contributed by atoms with Crippen molar-refractivity contribution in [2.45, 2.75) is 31.5 Å². The van der Waals surface area contributed by atoms with E-state index in [2.05, 4.69) is 42.7 Å². The van der Waals surface area contributed by atoms with E-state index in [4.69, 9.17) is 24.7 Å². The molecule has 1 unspecified atom stereocenters. The quantitative estimate of drug-likeness (QED) is 0.256. The predicted molar refractivity (Wildman–Crippen MR) is 128 cm³/mol. The Balaban J connectivity index is 0. The molecule has 5 N–H and O–H groups in total. The van der Waals surface area contributed by atoms with Crippen LogP contribution in [0.2, 0.25) is 6.04 Å². The third kappa shape index (κ3) is 13.2. The first-order chi connectivity index (χ1) is 12.8. The minimum absolute atomic E-state index is 0. The Kier molecular flexibility index (Phi) is 17.7. The molecule has 6 nitrogen and oxygen atoms in total. The molecule has 0 fully saturated rings. The van der Waals surface area contributed by atoms with Crippen LogP contribution >= 0.6 is 12.4 Å². The van der Waals surface area contributed by atoms with Gasteiger partial charge in [-0.25, -0.2) is 0 Å². The van der Waals surface area contributed by atoms with E-state index in [1.807, 2.05) is 6.08 Å². The molecule has 0 aromatic heterocycles. The molecule has 0 aliphatic carbocycles. The monoisotopic (exact) mass is 447 g/mol. The smallest absolute Gasteiger partial charge is 0.407 e. The van der Waals surface area contributed by atoms with E-state index in [0.717, 1.165) is 53.0 Å². The lowest BCUT2D eigenvalue weighted by Gasteiger charge is -2.24. The first-order valence-corrected chi connectivity index (χ1v) is 12.0. The highest BCUT2D eigenvalue weighted by Gasteiger charge is 2.36. The SMILES string of the molecule is C=C(N)[SiH3].C=Cc1ccc(CCC(N)NCCC[Si](OC)(OC)OC)cc1.Cl. The second-order valence-corrected chi connectivity index (χ2v) is 10.7. The molecular formula is C19H38ClN3O3Si2. The van der Waals surface area contributed by atoms with Gasteiger partial charge in [0.15, 0.2) is 0 Å². The van der Waals surface area contributed by atoms with E-state index in [9.17, 15) is 0 Å². The number of nitrogens with two attached hydrogens (primary N) is 2. The van der Waals surface area contributed by atoms with Crippen LogP contribution in [0.15, 0.2) is 42.7 Å². The standard InChI is InChI=1S/C17H30N2O3Si.C2H7NSi.ClH/c1-5-15-7-9-16(10-8-15)11-12-17(18)19-13-6-14-23(20-2,21-3)22-4;1-2(3)4;/h5,7-10,17,19H,1,6,11-14,18H2,2-4H3;1,3H2,4H3;1H. The van der Waals surface area contributed by atoms with Crippen molar-refractivity contribution in [1.29, 1.82) is 0 Å². The zero-order chi connectivity index (χ0) is 20.7. The van der Waals surface area contributed by atoms with Gasteiger partial charge in [0.05, 0.1) is 16.4 Å². The minimum atomic E-state index is -2.46. The normalized spacial score (nSPS) is 11.7. The molecule has 0 saturated heterocycles. The fraction of sp³-hybridized carbons (Fsp3) is 0.474. The van der Waals surface area contributed by atoms with Crippen LogP contribution in [0.1, 0.15) is 24.0 Å². The highest BCUT2D eigenvalue weighted by molar-refractivity contribution is 6.60. The number of benzene rings is 1. The Morgan fingerprint density at radius 3 is 2.14 bits per heavy atom. The van der Waals surface area contributed by atoms with E-state index in [-0.39, 0.29) is 18.6 Å². The van der Waals surface area contributed by atoms with Gasteiger partial charge in [0.25, 0.3) is 0 Å². The van der Waals surface area contributed by atoms with Crippen LogP contribution in [0.25, 0.3) is 6.08 Å². The molecule has 0 amide bonds. The summed E-state index contributed by atoms with van der Waals surface area (Å²) < 4.78 is 16.2. The molecule has 1 rings (SSSR count). The second-order valence-electron chi connectivity index (χ2n) is 6.29. The Morgan fingerprint density at radius 2 is 1.71 bits per heavy atom. The molecule has 162 valence electrons. The molecule has 0 aliphatic rings. The van der Waals surface area contributed by atoms with Crippen molar-refractivity contribution in [3.8, 4) is 0 Å². The molecule has 0 heterocycles. The summed E-state index contributed by atoms with van der Waals surface area (Å²) in [5.41, 5.74) is 13.5. The summed E-state index contributed by atoms with van der Waals surface area (Å²) in [6.07, 6.45) is 4.59. The molecule has 0 aliphatic heterocycles. The van der Waals surface area contributed by atoms with E-state index in [1.165, 1.54) is 5.56 Å². The van der Waals surface area contributed by atoms with Gasteiger partial charge in [-0.15, -0.1) is 12.4 Å². The Bertz CT molecular complexity index is 531. The molecule has 1 atom stereocenters. The van der Waals surface area contributed by atoms with Gasteiger partial charge >= 0.3 is 8.80 Å². The van der Waals surface area contributed by atoms with Crippen LogP contribution in [0.3, 0.4) is 0 Å². The van der Waals surface area contributed by atoms with Crippen LogP contribution in [0.4, 0.5) is 0 Å². The van der Waals surface area contributed by atoms with E-state index in [0.29, 0.717) is 0 Å². The summed E-state index contributed by atoms with van der Waals surface area (Å²) in [4.78, 5) is 0.